The van der Waals surface area contributed by atoms with Gasteiger partial charge in [-0.1, -0.05) is 6.07 Å². The topological polar surface area (TPSA) is 48.1 Å². The van der Waals surface area contributed by atoms with Crippen molar-refractivity contribution in [2.75, 3.05) is 5.73 Å². The summed E-state index contributed by atoms with van der Waals surface area (Å²) in [4.78, 5) is 4.27. The van der Waals surface area contributed by atoms with E-state index in [1.807, 2.05) is 50.2 Å². The highest BCUT2D eigenvalue weighted by atomic mass is 16.5. The second kappa shape index (κ2) is 4.87. The predicted octanol–water partition coefficient (Wildman–Crippen LogP) is 3.12. The molecule has 3 heteroatoms. The fraction of sp³-hybridized carbons (Fsp3) is 0.214. The number of ether oxygens (including phenoxy) is 1. The summed E-state index contributed by atoms with van der Waals surface area (Å²) in [6.07, 6.45) is 0.186. The number of nitrogens with zero attached hydrogens (tertiary/aromatic N) is 1. The molecule has 0 spiro atoms. The Morgan fingerprint density at radius 1 is 1.06 bits per heavy atom. The minimum atomic E-state index is 0.186. The molecular formula is C14H16N2O. The third-order valence-corrected chi connectivity index (χ3v) is 2.29. The van der Waals surface area contributed by atoms with E-state index in [1.54, 1.807) is 6.07 Å². The zero-order valence-corrected chi connectivity index (χ0v) is 10.1. The van der Waals surface area contributed by atoms with E-state index in [-0.39, 0.29) is 6.10 Å². The molecule has 0 fully saturated rings. The monoisotopic (exact) mass is 228 g/mol. The number of anilines is 1. The SMILES string of the molecule is CC(C)Oc1ccc(-c2cccc(N)n2)cc1. The first-order chi connectivity index (χ1) is 8.15. The molecule has 0 bridgehead atoms. The summed E-state index contributed by atoms with van der Waals surface area (Å²) < 4.78 is 5.58. The Kier molecular flexibility index (Phi) is 3.28. The summed E-state index contributed by atoms with van der Waals surface area (Å²) in [6.45, 7) is 4.01. The van der Waals surface area contributed by atoms with Crippen LogP contribution in [-0.4, -0.2) is 11.1 Å². The van der Waals surface area contributed by atoms with Crippen molar-refractivity contribution in [2.24, 2.45) is 0 Å². The minimum absolute atomic E-state index is 0.186. The molecule has 1 aromatic heterocycles. The number of hydrogen-bond donors (Lipinski definition) is 1. The summed E-state index contributed by atoms with van der Waals surface area (Å²) in [5, 5.41) is 0. The zero-order valence-electron chi connectivity index (χ0n) is 10.1. The molecule has 0 amide bonds. The molecule has 1 aromatic carbocycles. The number of benzene rings is 1. The number of rotatable bonds is 3. The second-order valence-corrected chi connectivity index (χ2v) is 4.14. The van der Waals surface area contributed by atoms with Crippen LogP contribution >= 0.6 is 0 Å². The molecule has 2 rings (SSSR count). The predicted molar refractivity (Wildman–Crippen MR) is 69.8 cm³/mol. The van der Waals surface area contributed by atoms with Gasteiger partial charge in [0.1, 0.15) is 11.6 Å². The average Bonchev–Trinajstić information content (AvgIpc) is 2.29. The largest absolute Gasteiger partial charge is 0.491 e. The summed E-state index contributed by atoms with van der Waals surface area (Å²) >= 11 is 0. The van der Waals surface area contributed by atoms with Crippen molar-refractivity contribution < 1.29 is 4.74 Å². The van der Waals surface area contributed by atoms with Crippen LogP contribution in [0.4, 0.5) is 5.82 Å². The van der Waals surface area contributed by atoms with Crippen molar-refractivity contribution in [2.45, 2.75) is 20.0 Å². The Morgan fingerprint density at radius 3 is 2.35 bits per heavy atom. The smallest absolute Gasteiger partial charge is 0.124 e. The summed E-state index contributed by atoms with van der Waals surface area (Å²) in [7, 11) is 0. The van der Waals surface area contributed by atoms with Crippen molar-refractivity contribution >= 4 is 5.82 Å². The van der Waals surface area contributed by atoms with E-state index in [4.69, 9.17) is 10.5 Å². The number of aromatic nitrogens is 1. The van der Waals surface area contributed by atoms with Crippen molar-refractivity contribution in [3.05, 3.63) is 42.5 Å². The van der Waals surface area contributed by atoms with E-state index in [9.17, 15) is 0 Å². The van der Waals surface area contributed by atoms with Gasteiger partial charge in [-0.3, -0.25) is 0 Å². The molecule has 0 aliphatic carbocycles. The molecule has 17 heavy (non-hydrogen) atoms. The number of nitrogen functional groups attached to an aromatic ring is 1. The lowest BCUT2D eigenvalue weighted by atomic mass is 10.1. The Bertz CT molecular complexity index is 492. The van der Waals surface area contributed by atoms with Gasteiger partial charge in [0.05, 0.1) is 11.8 Å². The molecule has 0 saturated carbocycles. The maximum absolute atomic E-state index is 5.66. The lowest BCUT2D eigenvalue weighted by molar-refractivity contribution is 0.242. The molecule has 2 N–H and O–H groups in total. The van der Waals surface area contributed by atoms with Crippen LogP contribution in [0.1, 0.15) is 13.8 Å². The van der Waals surface area contributed by atoms with Crippen molar-refractivity contribution in [3.63, 3.8) is 0 Å². The third kappa shape index (κ3) is 2.97. The average molecular weight is 228 g/mol. The molecule has 0 aliphatic heterocycles. The molecular weight excluding hydrogens is 212 g/mol. The maximum Gasteiger partial charge on any atom is 0.124 e. The first-order valence-corrected chi connectivity index (χ1v) is 5.65. The quantitative estimate of drug-likeness (QED) is 0.878. The highest BCUT2D eigenvalue weighted by molar-refractivity contribution is 5.61. The fourth-order valence-electron chi connectivity index (χ4n) is 1.59. The van der Waals surface area contributed by atoms with Gasteiger partial charge >= 0.3 is 0 Å². The van der Waals surface area contributed by atoms with Gasteiger partial charge in [-0.25, -0.2) is 4.98 Å². The van der Waals surface area contributed by atoms with Crippen LogP contribution in [0.2, 0.25) is 0 Å². The molecule has 1 heterocycles. The van der Waals surface area contributed by atoms with E-state index in [0.29, 0.717) is 5.82 Å². The van der Waals surface area contributed by atoms with E-state index in [0.717, 1.165) is 17.0 Å². The Labute approximate surface area is 101 Å². The van der Waals surface area contributed by atoms with Crippen LogP contribution < -0.4 is 10.5 Å². The van der Waals surface area contributed by atoms with E-state index in [1.165, 1.54) is 0 Å². The van der Waals surface area contributed by atoms with Gasteiger partial charge < -0.3 is 10.5 Å². The van der Waals surface area contributed by atoms with Crippen molar-refractivity contribution in [1.82, 2.24) is 4.98 Å². The summed E-state index contributed by atoms with van der Waals surface area (Å²) in [5.41, 5.74) is 7.57. The second-order valence-electron chi connectivity index (χ2n) is 4.14. The number of pyridine rings is 1. The summed E-state index contributed by atoms with van der Waals surface area (Å²) in [6, 6.07) is 13.5. The lowest BCUT2D eigenvalue weighted by Gasteiger charge is -2.10. The van der Waals surface area contributed by atoms with Crippen LogP contribution in [0, 0.1) is 0 Å². The molecule has 88 valence electrons. The minimum Gasteiger partial charge on any atom is -0.491 e. The highest BCUT2D eigenvalue weighted by Crippen LogP contribution is 2.21. The van der Waals surface area contributed by atoms with Crippen molar-refractivity contribution in [3.8, 4) is 17.0 Å². The molecule has 2 aromatic rings. The van der Waals surface area contributed by atoms with E-state index in [2.05, 4.69) is 4.98 Å². The lowest BCUT2D eigenvalue weighted by Crippen LogP contribution is -2.05. The van der Waals surface area contributed by atoms with Gasteiger partial charge in [0.2, 0.25) is 0 Å². The molecule has 0 aliphatic rings. The molecule has 0 radical (unpaired) electrons. The molecule has 0 saturated heterocycles. The van der Waals surface area contributed by atoms with Gasteiger partial charge in [0.15, 0.2) is 0 Å². The Morgan fingerprint density at radius 2 is 1.76 bits per heavy atom. The molecule has 3 nitrogen and oxygen atoms in total. The maximum atomic E-state index is 5.66. The fourth-order valence-corrected chi connectivity index (χ4v) is 1.59. The Hall–Kier alpha value is -2.03. The molecule has 0 atom stereocenters. The van der Waals surface area contributed by atoms with Gasteiger partial charge in [-0.05, 0) is 50.2 Å². The highest BCUT2D eigenvalue weighted by Gasteiger charge is 2.01. The van der Waals surface area contributed by atoms with Crippen LogP contribution in [-0.2, 0) is 0 Å². The molecule has 0 unspecified atom stereocenters. The Balaban J connectivity index is 2.23. The van der Waals surface area contributed by atoms with Gasteiger partial charge in [-0.15, -0.1) is 0 Å². The van der Waals surface area contributed by atoms with Crippen LogP contribution in [0.5, 0.6) is 5.75 Å². The van der Waals surface area contributed by atoms with Crippen LogP contribution in [0.3, 0.4) is 0 Å². The zero-order chi connectivity index (χ0) is 12.3. The first-order valence-electron chi connectivity index (χ1n) is 5.65. The third-order valence-electron chi connectivity index (χ3n) is 2.29. The summed E-state index contributed by atoms with van der Waals surface area (Å²) in [5.74, 6) is 1.40. The number of hydrogen-bond acceptors (Lipinski definition) is 3. The van der Waals surface area contributed by atoms with Gasteiger partial charge in [-0.2, -0.15) is 0 Å². The van der Waals surface area contributed by atoms with Crippen LogP contribution in [0.25, 0.3) is 11.3 Å². The number of nitrogens with two attached hydrogens (primary N) is 1. The normalized spacial score (nSPS) is 10.5. The van der Waals surface area contributed by atoms with Crippen molar-refractivity contribution in [1.29, 1.82) is 0 Å². The van der Waals surface area contributed by atoms with Gasteiger partial charge in [0.25, 0.3) is 0 Å². The van der Waals surface area contributed by atoms with Crippen LogP contribution in [0.15, 0.2) is 42.5 Å². The van der Waals surface area contributed by atoms with Gasteiger partial charge in [0, 0.05) is 5.56 Å². The van der Waals surface area contributed by atoms with E-state index < -0.39 is 0 Å². The van der Waals surface area contributed by atoms with E-state index >= 15 is 0 Å². The first kappa shape index (κ1) is 11.5. The standard InChI is InChI=1S/C14H16N2O/c1-10(2)17-12-8-6-11(7-9-12)13-4-3-5-14(15)16-13/h3-10H,1-2H3,(H2,15,16).